The summed E-state index contributed by atoms with van der Waals surface area (Å²) in [4.78, 5) is 29.1. The summed E-state index contributed by atoms with van der Waals surface area (Å²) in [5.41, 5.74) is 3.39. The standard InChI is InChI=1S/C27H29NO6/c1-5-32-20-9-8-17(13-22(20)31-4)24-23-25(29)19-11-15(2)16(3)12-21(19)34-26(23)27(30)28(24)14-18-7-6-10-33-18/h8-9,11-13,18,24H,5-7,10,14H2,1-4H3. The fourth-order valence-corrected chi connectivity index (χ4v) is 4.95. The molecule has 0 spiro atoms. The van der Waals surface area contributed by atoms with E-state index in [0.717, 1.165) is 29.5 Å². The summed E-state index contributed by atoms with van der Waals surface area (Å²) < 4.78 is 23.2. The Bertz CT molecular complexity index is 1320. The van der Waals surface area contributed by atoms with Gasteiger partial charge < -0.3 is 23.5 Å². The van der Waals surface area contributed by atoms with Crippen LogP contribution in [0.25, 0.3) is 11.0 Å². The Morgan fingerprint density at radius 2 is 1.88 bits per heavy atom. The second-order valence-corrected chi connectivity index (χ2v) is 8.94. The van der Waals surface area contributed by atoms with Gasteiger partial charge in [0.15, 0.2) is 16.9 Å². The average molecular weight is 464 g/mol. The van der Waals surface area contributed by atoms with E-state index in [4.69, 9.17) is 18.6 Å². The van der Waals surface area contributed by atoms with Gasteiger partial charge in [0.05, 0.1) is 36.8 Å². The van der Waals surface area contributed by atoms with Gasteiger partial charge in [-0.3, -0.25) is 9.59 Å². The second kappa shape index (κ2) is 8.80. The van der Waals surface area contributed by atoms with Crippen LogP contribution in [-0.2, 0) is 4.74 Å². The van der Waals surface area contributed by atoms with Crippen molar-refractivity contribution in [1.29, 1.82) is 0 Å². The molecule has 3 heterocycles. The highest BCUT2D eigenvalue weighted by atomic mass is 16.5. The molecule has 2 aliphatic heterocycles. The molecule has 2 atom stereocenters. The third-order valence-corrected chi connectivity index (χ3v) is 6.81. The number of aryl methyl sites for hydroxylation is 2. The number of hydrogen-bond donors (Lipinski definition) is 0. The van der Waals surface area contributed by atoms with E-state index < -0.39 is 6.04 Å². The molecule has 3 aromatic rings. The Hall–Kier alpha value is -3.32. The number of ether oxygens (including phenoxy) is 3. The van der Waals surface area contributed by atoms with E-state index in [2.05, 4.69) is 0 Å². The van der Waals surface area contributed by atoms with Crippen LogP contribution in [0, 0.1) is 13.8 Å². The molecule has 7 nitrogen and oxygen atoms in total. The van der Waals surface area contributed by atoms with Crippen molar-refractivity contribution >= 4 is 16.9 Å². The fourth-order valence-electron chi connectivity index (χ4n) is 4.95. The van der Waals surface area contributed by atoms with Crippen molar-refractivity contribution in [3.05, 3.63) is 68.6 Å². The highest BCUT2D eigenvalue weighted by molar-refractivity contribution is 5.99. The lowest BCUT2D eigenvalue weighted by atomic mass is 9.97. The second-order valence-electron chi connectivity index (χ2n) is 8.94. The van der Waals surface area contributed by atoms with Crippen LogP contribution < -0.4 is 14.9 Å². The van der Waals surface area contributed by atoms with Gasteiger partial charge >= 0.3 is 0 Å². The van der Waals surface area contributed by atoms with Gasteiger partial charge in [-0.2, -0.15) is 0 Å². The maximum absolute atomic E-state index is 13.8. The SMILES string of the molecule is CCOc1ccc(C2c3c(oc4cc(C)c(C)cc4c3=O)C(=O)N2CC2CCCO2)cc1OC. The third kappa shape index (κ3) is 3.64. The van der Waals surface area contributed by atoms with Gasteiger partial charge in [0.1, 0.15) is 5.58 Å². The average Bonchev–Trinajstić information content (AvgIpc) is 3.43. The van der Waals surface area contributed by atoms with Crippen LogP contribution in [0.4, 0.5) is 0 Å². The maximum atomic E-state index is 13.8. The van der Waals surface area contributed by atoms with Gasteiger partial charge in [-0.1, -0.05) is 6.07 Å². The summed E-state index contributed by atoms with van der Waals surface area (Å²) in [6.45, 7) is 7.40. The van der Waals surface area contributed by atoms with Crippen molar-refractivity contribution in [2.45, 2.75) is 45.8 Å². The monoisotopic (exact) mass is 463 g/mol. The van der Waals surface area contributed by atoms with Crippen molar-refractivity contribution in [3.8, 4) is 11.5 Å². The number of carbonyl (C=O) groups excluding carboxylic acids is 1. The molecule has 1 fully saturated rings. The molecular formula is C27H29NO6. The molecule has 5 rings (SSSR count). The van der Waals surface area contributed by atoms with Gasteiger partial charge in [-0.05, 0) is 74.6 Å². The molecule has 0 N–H and O–H groups in total. The largest absolute Gasteiger partial charge is 0.493 e. The van der Waals surface area contributed by atoms with Crippen LogP contribution in [0.1, 0.15) is 58.6 Å². The molecule has 1 saturated heterocycles. The van der Waals surface area contributed by atoms with E-state index >= 15 is 0 Å². The predicted octanol–water partition coefficient (Wildman–Crippen LogP) is 4.54. The van der Waals surface area contributed by atoms with Crippen LogP contribution in [0.2, 0.25) is 0 Å². The van der Waals surface area contributed by atoms with Crippen LogP contribution in [-0.4, -0.2) is 43.8 Å². The molecule has 2 unspecified atom stereocenters. The number of rotatable bonds is 6. The number of nitrogens with zero attached hydrogens (tertiary/aromatic N) is 1. The molecule has 0 radical (unpaired) electrons. The first-order valence-corrected chi connectivity index (χ1v) is 11.7. The van der Waals surface area contributed by atoms with Crippen molar-refractivity contribution < 1.29 is 23.4 Å². The zero-order chi connectivity index (χ0) is 24.0. The summed E-state index contributed by atoms with van der Waals surface area (Å²) in [6, 6.07) is 8.62. The van der Waals surface area contributed by atoms with Crippen LogP contribution in [0.3, 0.4) is 0 Å². The van der Waals surface area contributed by atoms with Crippen LogP contribution in [0.15, 0.2) is 39.5 Å². The van der Waals surface area contributed by atoms with E-state index in [-0.39, 0.29) is 23.2 Å². The van der Waals surface area contributed by atoms with Gasteiger partial charge in [0.2, 0.25) is 5.76 Å². The first kappa shape index (κ1) is 22.5. The molecule has 178 valence electrons. The molecule has 7 heteroatoms. The number of amides is 1. The molecule has 34 heavy (non-hydrogen) atoms. The molecule has 1 amide bonds. The highest BCUT2D eigenvalue weighted by Gasteiger charge is 2.44. The van der Waals surface area contributed by atoms with Crippen molar-refractivity contribution in [3.63, 3.8) is 0 Å². The highest BCUT2D eigenvalue weighted by Crippen LogP contribution is 2.41. The molecular weight excluding hydrogens is 434 g/mol. The Balaban J connectivity index is 1.70. The number of benzene rings is 2. The Morgan fingerprint density at radius 1 is 1.09 bits per heavy atom. The van der Waals surface area contributed by atoms with Gasteiger partial charge in [-0.25, -0.2) is 0 Å². The smallest absolute Gasteiger partial charge is 0.291 e. The lowest BCUT2D eigenvalue weighted by Gasteiger charge is -2.28. The molecule has 2 aromatic carbocycles. The first-order chi connectivity index (χ1) is 16.4. The van der Waals surface area contributed by atoms with E-state index in [1.165, 1.54) is 0 Å². The van der Waals surface area contributed by atoms with Crippen molar-refractivity contribution in [2.24, 2.45) is 0 Å². The fraction of sp³-hybridized carbons (Fsp3) is 0.407. The Kier molecular flexibility index (Phi) is 5.81. The quantitative estimate of drug-likeness (QED) is 0.534. The normalized spacial score (nSPS) is 19.6. The van der Waals surface area contributed by atoms with Crippen LogP contribution >= 0.6 is 0 Å². The minimum Gasteiger partial charge on any atom is -0.493 e. The number of carbonyl (C=O) groups is 1. The summed E-state index contributed by atoms with van der Waals surface area (Å²) in [5, 5.41) is 0.483. The molecule has 0 aliphatic carbocycles. The first-order valence-electron chi connectivity index (χ1n) is 11.7. The topological polar surface area (TPSA) is 78.2 Å². The van der Waals surface area contributed by atoms with Crippen molar-refractivity contribution in [2.75, 3.05) is 26.9 Å². The van der Waals surface area contributed by atoms with E-state index in [9.17, 15) is 9.59 Å². The molecule has 0 bridgehead atoms. The third-order valence-electron chi connectivity index (χ3n) is 6.81. The predicted molar refractivity (Wildman–Crippen MR) is 128 cm³/mol. The minimum absolute atomic E-state index is 0.0700. The van der Waals surface area contributed by atoms with Gasteiger partial charge in [0, 0.05) is 13.2 Å². The Morgan fingerprint density at radius 3 is 2.59 bits per heavy atom. The zero-order valence-electron chi connectivity index (χ0n) is 20.0. The summed E-state index contributed by atoms with van der Waals surface area (Å²) in [7, 11) is 1.58. The van der Waals surface area contributed by atoms with Gasteiger partial charge in [-0.15, -0.1) is 0 Å². The molecule has 1 aromatic heterocycles. The lowest BCUT2D eigenvalue weighted by molar-refractivity contribution is 0.0486. The van der Waals surface area contributed by atoms with Crippen molar-refractivity contribution in [1.82, 2.24) is 4.90 Å². The van der Waals surface area contributed by atoms with E-state index in [1.807, 2.05) is 51.1 Å². The van der Waals surface area contributed by atoms with E-state index in [0.29, 0.717) is 47.8 Å². The van der Waals surface area contributed by atoms with Crippen LogP contribution in [0.5, 0.6) is 11.5 Å². The molecule has 2 aliphatic rings. The van der Waals surface area contributed by atoms with Gasteiger partial charge in [0.25, 0.3) is 5.91 Å². The summed E-state index contributed by atoms with van der Waals surface area (Å²) in [6.07, 6.45) is 1.77. The Labute approximate surface area is 198 Å². The lowest BCUT2D eigenvalue weighted by Crippen LogP contribution is -2.36. The maximum Gasteiger partial charge on any atom is 0.291 e. The number of fused-ring (bicyclic) bond motifs is 2. The minimum atomic E-state index is -0.599. The zero-order valence-corrected chi connectivity index (χ0v) is 20.0. The summed E-state index contributed by atoms with van der Waals surface area (Å²) >= 11 is 0. The van der Waals surface area contributed by atoms with E-state index in [1.54, 1.807) is 12.0 Å². The summed E-state index contributed by atoms with van der Waals surface area (Å²) in [5.74, 6) is 0.978. The number of hydrogen-bond acceptors (Lipinski definition) is 6. The number of methoxy groups -OCH3 is 1. The molecule has 0 saturated carbocycles.